The molecule has 14 heavy (non-hydrogen) atoms. The first-order valence-electron chi connectivity index (χ1n) is 4.22. The second-order valence-corrected chi connectivity index (χ2v) is 3.06. The standard InChI is InChI=1S/C10H9N3O/c1-13-9-4-7(5-11)2-3-8(9)12-10(13)6-14/h2-4,14H,6H2,1H3. The Morgan fingerprint density at radius 3 is 3.00 bits per heavy atom. The molecule has 0 unspecified atom stereocenters. The molecule has 0 radical (unpaired) electrons. The average Bonchev–Trinajstić information content (AvgIpc) is 2.55. The molecule has 0 aliphatic heterocycles. The minimum absolute atomic E-state index is 0.0902. The molecule has 1 aromatic carbocycles. The Morgan fingerprint density at radius 2 is 2.36 bits per heavy atom. The largest absolute Gasteiger partial charge is 0.388 e. The Labute approximate surface area is 81.0 Å². The van der Waals surface area contributed by atoms with Crippen molar-refractivity contribution >= 4 is 11.0 Å². The molecule has 1 N–H and O–H groups in total. The molecule has 2 aromatic rings. The van der Waals surface area contributed by atoms with Gasteiger partial charge < -0.3 is 9.67 Å². The smallest absolute Gasteiger partial charge is 0.135 e. The van der Waals surface area contributed by atoms with Crippen LogP contribution in [0.25, 0.3) is 11.0 Å². The third kappa shape index (κ3) is 1.15. The van der Waals surface area contributed by atoms with Gasteiger partial charge in [0.25, 0.3) is 0 Å². The molecular weight excluding hydrogens is 178 g/mol. The molecule has 4 nitrogen and oxygen atoms in total. The van der Waals surface area contributed by atoms with Crippen LogP contribution in [-0.4, -0.2) is 14.7 Å². The lowest BCUT2D eigenvalue weighted by Crippen LogP contribution is -1.96. The summed E-state index contributed by atoms with van der Waals surface area (Å²) in [6.07, 6.45) is 0. The molecule has 0 aliphatic rings. The third-order valence-electron chi connectivity index (χ3n) is 2.24. The molecule has 1 heterocycles. The quantitative estimate of drug-likeness (QED) is 0.722. The van der Waals surface area contributed by atoms with Crippen LogP contribution in [0.2, 0.25) is 0 Å². The van der Waals surface area contributed by atoms with E-state index in [4.69, 9.17) is 10.4 Å². The van der Waals surface area contributed by atoms with Crippen LogP contribution in [0.4, 0.5) is 0 Å². The molecule has 0 saturated carbocycles. The third-order valence-corrected chi connectivity index (χ3v) is 2.24. The van der Waals surface area contributed by atoms with Gasteiger partial charge >= 0.3 is 0 Å². The molecule has 4 heteroatoms. The highest BCUT2D eigenvalue weighted by Gasteiger charge is 2.06. The topological polar surface area (TPSA) is 61.8 Å². The molecular formula is C10H9N3O. The van der Waals surface area contributed by atoms with Gasteiger partial charge in [0, 0.05) is 7.05 Å². The Hall–Kier alpha value is -1.86. The van der Waals surface area contributed by atoms with E-state index in [0.717, 1.165) is 11.0 Å². The SMILES string of the molecule is Cn1c(CO)nc2ccc(C#N)cc21. The summed E-state index contributed by atoms with van der Waals surface area (Å²) in [4.78, 5) is 4.21. The van der Waals surface area contributed by atoms with Crippen molar-refractivity contribution in [2.45, 2.75) is 6.61 Å². The maximum absolute atomic E-state index is 9.00. The van der Waals surface area contributed by atoms with Gasteiger partial charge in [-0.2, -0.15) is 5.26 Å². The van der Waals surface area contributed by atoms with E-state index in [2.05, 4.69) is 11.1 Å². The average molecular weight is 187 g/mol. The van der Waals surface area contributed by atoms with E-state index in [1.165, 1.54) is 0 Å². The molecule has 2 rings (SSSR count). The number of aryl methyl sites for hydroxylation is 1. The van der Waals surface area contributed by atoms with Gasteiger partial charge in [-0.3, -0.25) is 0 Å². The lowest BCUT2D eigenvalue weighted by Gasteiger charge is -1.97. The van der Waals surface area contributed by atoms with E-state index >= 15 is 0 Å². The number of nitriles is 1. The van der Waals surface area contributed by atoms with E-state index in [0.29, 0.717) is 11.4 Å². The predicted octanol–water partition coefficient (Wildman–Crippen LogP) is 0.937. The van der Waals surface area contributed by atoms with Crippen LogP contribution in [0.15, 0.2) is 18.2 Å². The van der Waals surface area contributed by atoms with Crippen molar-refractivity contribution in [3.8, 4) is 6.07 Å². The highest BCUT2D eigenvalue weighted by atomic mass is 16.3. The van der Waals surface area contributed by atoms with Gasteiger partial charge in [0.1, 0.15) is 12.4 Å². The zero-order chi connectivity index (χ0) is 10.1. The molecule has 0 bridgehead atoms. The van der Waals surface area contributed by atoms with E-state index in [9.17, 15) is 0 Å². The predicted molar refractivity (Wildman–Crippen MR) is 51.4 cm³/mol. The molecule has 0 amide bonds. The van der Waals surface area contributed by atoms with Gasteiger partial charge in [-0.1, -0.05) is 0 Å². The highest BCUT2D eigenvalue weighted by molar-refractivity contribution is 5.77. The van der Waals surface area contributed by atoms with Gasteiger partial charge in [0.2, 0.25) is 0 Å². The number of fused-ring (bicyclic) bond motifs is 1. The number of aliphatic hydroxyl groups is 1. The first kappa shape index (κ1) is 8.73. The van der Waals surface area contributed by atoms with Crippen LogP contribution in [-0.2, 0) is 13.7 Å². The van der Waals surface area contributed by atoms with Gasteiger partial charge in [0.05, 0.1) is 22.7 Å². The van der Waals surface area contributed by atoms with Gasteiger partial charge in [-0.15, -0.1) is 0 Å². The summed E-state index contributed by atoms with van der Waals surface area (Å²) in [7, 11) is 1.82. The van der Waals surface area contributed by atoms with Crippen LogP contribution >= 0.6 is 0 Å². The number of hydrogen-bond acceptors (Lipinski definition) is 3. The van der Waals surface area contributed by atoms with E-state index < -0.39 is 0 Å². The zero-order valence-corrected chi connectivity index (χ0v) is 7.73. The monoisotopic (exact) mass is 187 g/mol. The second kappa shape index (κ2) is 3.13. The number of hydrogen-bond donors (Lipinski definition) is 1. The normalized spacial score (nSPS) is 10.4. The number of aliphatic hydroxyl groups excluding tert-OH is 1. The lowest BCUT2D eigenvalue weighted by molar-refractivity contribution is 0.268. The highest BCUT2D eigenvalue weighted by Crippen LogP contribution is 2.16. The van der Waals surface area contributed by atoms with E-state index in [1.54, 1.807) is 22.8 Å². The van der Waals surface area contributed by atoms with Crippen LogP contribution in [0.1, 0.15) is 11.4 Å². The van der Waals surface area contributed by atoms with Crippen LogP contribution in [0, 0.1) is 11.3 Å². The van der Waals surface area contributed by atoms with E-state index in [-0.39, 0.29) is 6.61 Å². The van der Waals surface area contributed by atoms with Crippen molar-refractivity contribution in [1.82, 2.24) is 9.55 Å². The zero-order valence-electron chi connectivity index (χ0n) is 7.73. The first-order chi connectivity index (χ1) is 6.76. The van der Waals surface area contributed by atoms with Crippen LogP contribution in [0.3, 0.4) is 0 Å². The number of aromatic nitrogens is 2. The van der Waals surface area contributed by atoms with Crippen molar-refractivity contribution < 1.29 is 5.11 Å². The summed E-state index contributed by atoms with van der Waals surface area (Å²) in [5.74, 6) is 0.607. The first-order valence-corrected chi connectivity index (χ1v) is 4.22. The number of benzene rings is 1. The Kier molecular flexibility index (Phi) is 1.95. The summed E-state index contributed by atoms with van der Waals surface area (Å²) < 4.78 is 1.79. The van der Waals surface area contributed by atoms with Crippen molar-refractivity contribution in [2.75, 3.05) is 0 Å². The summed E-state index contributed by atoms with van der Waals surface area (Å²) in [6, 6.07) is 7.34. The minimum atomic E-state index is -0.0902. The van der Waals surface area contributed by atoms with Gasteiger partial charge in [-0.05, 0) is 18.2 Å². The second-order valence-electron chi connectivity index (χ2n) is 3.06. The maximum Gasteiger partial charge on any atom is 0.135 e. The number of imidazole rings is 1. The maximum atomic E-state index is 9.00. The Balaban J connectivity index is 2.75. The molecule has 0 fully saturated rings. The molecule has 0 saturated heterocycles. The molecule has 1 aromatic heterocycles. The fourth-order valence-electron chi connectivity index (χ4n) is 1.45. The molecule has 0 spiro atoms. The van der Waals surface area contributed by atoms with Crippen molar-refractivity contribution in [3.63, 3.8) is 0 Å². The molecule has 0 atom stereocenters. The summed E-state index contributed by atoms with van der Waals surface area (Å²) >= 11 is 0. The number of rotatable bonds is 1. The summed E-state index contributed by atoms with van der Waals surface area (Å²) in [5, 5.41) is 17.7. The van der Waals surface area contributed by atoms with Crippen LogP contribution < -0.4 is 0 Å². The van der Waals surface area contributed by atoms with E-state index in [1.807, 2.05) is 7.05 Å². The fraction of sp³-hybridized carbons (Fsp3) is 0.200. The summed E-state index contributed by atoms with van der Waals surface area (Å²) in [5.41, 5.74) is 2.27. The Morgan fingerprint density at radius 1 is 1.57 bits per heavy atom. The molecule has 70 valence electrons. The van der Waals surface area contributed by atoms with Gasteiger partial charge in [0.15, 0.2) is 0 Å². The van der Waals surface area contributed by atoms with Crippen LogP contribution in [0.5, 0.6) is 0 Å². The minimum Gasteiger partial charge on any atom is -0.388 e. The van der Waals surface area contributed by atoms with Gasteiger partial charge in [-0.25, -0.2) is 4.98 Å². The fourth-order valence-corrected chi connectivity index (χ4v) is 1.45. The van der Waals surface area contributed by atoms with Crippen molar-refractivity contribution in [1.29, 1.82) is 5.26 Å². The summed E-state index contributed by atoms with van der Waals surface area (Å²) in [6.45, 7) is -0.0902. The lowest BCUT2D eigenvalue weighted by atomic mass is 10.2. The number of nitrogens with zero attached hydrogens (tertiary/aromatic N) is 3. The van der Waals surface area contributed by atoms with Crippen molar-refractivity contribution in [2.24, 2.45) is 7.05 Å². The molecule has 0 aliphatic carbocycles. The van der Waals surface area contributed by atoms with Crippen molar-refractivity contribution in [3.05, 3.63) is 29.6 Å². The Bertz CT molecular complexity index is 522.